The molecule has 6 aromatic rings. The van der Waals surface area contributed by atoms with Crippen LogP contribution in [0.25, 0.3) is 0 Å². The van der Waals surface area contributed by atoms with Crippen molar-refractivity contribution in [2.45, 2.75) is 36.2 Å². The number of fused-ring (bicyclic) bond motifs is 3. The number of cyclic esters (lactones) is 1. The molecule has 6 aromatic carbocycles. The zero-order chi connectivity index (χ0) is 51.9. The fourth-order valence-electron chi connectivity index (χ4n) is 11.2. The second kappa shape index (κ2) is 22.7. The van der Waals surface area contributed by atoms with Gasteiger partial charge in [-0.3, -0.25) is 24.2 Å². The van der Waals surface area contributed by atoms with E-state index in [1.807, 2.05) is 109 Å². The number of hydrogen-bond donors (Lipinski definition) is 2. The molecular formula is C60H59N5O10. The number of nitrogens with one attached hydrogen (secondary N) is 1. The fourth-order valence-corrected chi connectivity index (χ4v) is 11.2. The first-order valence-corrected chi connectivity index (χ1v) is 25.2. The maximum absolute atomic E-state index is 16.6. The maximum atomic E-state index is 16.6. The highest BCUT2D eigenvalue weighted by atomic mass is 16.6. The van der Waals surface area contributed by atoms with Gasteiger partial charge in [0.15, 0.2) is 0 Å². The van der Waals surface area contributed by atoms with Crippen LogP contribution in [0, 0.1) is 17.8 Å². The first-order chi connectivity index (χ1) is 36.7. The van der Waals surface area contributed by atoms with E-state index >= 15 is 14.4 Å². The van der Waals surface area contributed by atoms with Gasteiger partial charge in [0.05, 0.1) is 56.7 Å². The molecule has 384 valence electrons. The van der Waals surface area contributed by atoms with Gasteiger partial charge in [-0.05, 0) is 89.5 Å². The lowest BCUT2D eigenvalue weighted by molar-refractivity contribution is -0.177. The summed E-state index contributed by atoms with van der Waals surface area (Å²) in [6, 6.07) is 45.3. The van der Waals surface area contributed by atoms with Gasteiger partial charge in [-0.2, -0.15) is 0 Å². The lowest BCUT2D eigenvalue weighted by Gasteiger charge is -2.46. The summed E-state index contributed by atoms with van der Waals surface area (Å²) in [5.41, 5.74) is 3.33. The molecule has 0 radical (unpaired) electrons. The second-order valence-electron chi connectivity index (χ2n) is 19.0. The van der Waals surface area contributed by atoms with E-state index in [0.717, 1.165) is 21.7 Å². The molecule has 4 aliphatic rings. The van der Waals surface area contributed by atoms with E-state index in [1.54, 1.807) is 48.5 Å². The first-order valence-electron chi connectivity index (χ1n) is 25.2. The number of imide groups is 1. The van der Waals surface area contributed by atoms with Crippen LogP contribution < -0.4 is 19.9 Å². The molecule has 10 rings (SSSR count). The zero-order valence-corrected chi connectivity index (χ0v) is 41.9. The predicted molar refractivity (Wildman–Crippen MR) is 282 cm³/mol. The van der Waals surface area contributed by atoms with E-state index in [4.69, 9.17) is 23.7 Å². The molecule has 0 unspecified atom stereocenters. The van der Waals surface area contributed by atoms with E-state index in [0.29, 0.717) is 73.1 Å². The number of nitrogens with zero attached hydrogens (tertiary/aromatic N) is 4. The minimum atomic E-state index is -2.08. The quantitative estimate of drug-likeness (QED) is 0.0594. The van der Waals surface area contributed by atoms with Crippen LogP contribution in [0.4, 0.5) is 21.9 Å². The van der Waals surface area contributed by atoms with Gasteiger partial charge < -0.3 is 39.0 Å². The Balaban J connectivity index is 1.20. The maximum Gasteiger partial charge on any atom is 0.421 e. The number of benzene rings is 6. The number of anilines is 3. The summed E-state index contributed by atoms with van der Waals surface area (Å²) in [5, 5.41) is 13.0. The Morgan fingerprint density at radius 3 is 2.19 bits per heavy atom. The monoisotopic (exact) mass is 1010 g/mol. The molecule has 2 N–H and O–H groups in total. The molecule has 75 heavy (non-hydrogen) atoms. The second-order valence-corrected chi connectivity index (χ2v) is 19.0. The van der Waals surface area contributed by atoms with Crippen molar-refractivity contribution in [1.29, 1.82) is 0 Å². The third kappa shape index (κ3) is 10.1. The highest BCUT2D eigenvalue weighted by Gasteiger charge is 2.76. The summed E-state index contributed by atoms with van der Waals surface area (Å²) in [6.07, 6.45) is -1.92. The van der Waals surface area contributed by atoms with Gasteiger partial charge >= 0.3 is 12.1 Å². The summed E-state index contributed by atoms with van der Waals surface area (Å²) in [6.45, 7) is 3.25. The van der Waals surface area contributed by atoms with Crippen LogP contribution in [0.15, 0.2) is 158 Å². The van der Waals surface area contributed by atoms with Crippen LogP contribution in [-0.4, -0.2) is 118 Å². The highest BCUT2D eigenvalue weighted by Crippen LogP contribution is 2.66. The molecule has 0 aliphatic carbocycles. The molecule has 3 saturated heterocycles. The average molecular weight is 1010 g/mol. The number of morpholine rings is 2. The van der Waals surface area contributed by atoms with Gasteiger partial charge in [-0.1, -0.05) is 115 Å². The van der Waals surface area contributed by atoms with Crippen molar-refractivity contribution >= 4 is 40.9 Å². The van der Waals surface area contributed by atoms with Crippen molar-refractivity contribution in [3.63, 3.8) is 0 Å². The number of aliphatic hydroxyl groups is 1. The topological polar surface area (TPSA) is 160 Å². The molecule has 15 nitrogen and oxygen atoms in total. The molecular weight excluding hydrogens is 951 g/mol. The first kappa shape index (κ1) is 50.7. The average Bonchev–Trinajstić information content (AvgIpc) is 3.90. The van der Waals surface area contributed by atoms with Crippen LogP contribution in [-0.2, 0) is 45.3 Å². The third-order valence-corrected chi connectivity index (χ3v) is 14.4. The summed E-state index contributed by atoms with van der Waals surface area (Å²) >= 11 is 0. The van der Waals surface area contributed by atoms with E-state index in [-0.39, 0.29) is 32.1 Å². The summed E-state index contributed by atoms with van der Waals surface area (Å²) in [7, 11) is 3.45. The van der Waals surface area contributed by atoms with Crippen molar-refractivity contribution in [2.24, 2.45) is 5.92 Å². The number of esters is 1. The van der Waals surface area contributed by atoms with Crippen molar-refractivity contribution < 1.29 is 48.0 Å². The molecule has 0 aromatic heterocycles. The van der Waals surface area contributed by atoms with Gasteiger partial charge in [0.25, 0.3) is 0 Å². The standard InChI is InChI=1S/C60H59N5O10/c1-62(40-42-14-6-3-7-15-42)29-13-16-41-23-28-50-49(38-41)60(58(69)64(50)59(70)74-37-36-71-2)51(56(67)61-46-24-26-47(27-25-46)63-30-33-72-34-31-63)53-57(68)75-54(44-19-10-5-11-20-44)52(43-17-8-4-9-18-43)65(53)55(60)45-21-12-22-48(39-45)73-35-32-66/h3-12,14-15,17-28,38-39,51-55,66H,29-37,40H2,1-2H3,(H,61,67)/t51-,52-,53-,54+,55+,60-/m1/s1. The largest absolute Gasteiger partial charge is 0.491 e. The Hall–Kier alpha value is -7.84. The smallest absolute Gasteiger partial charge is 0.421 e. The number of methoxy groups -OCH3 is 1. The Morgan fingerprint density at radius 2 is 1.48 bits per heavy atom. The van der Waals surface area contributed by atoms with Gasteiger partial charge in [0.1, 0.15) is 36.5 Å². The molecule has 0 bridgehead atoms. The highest BCUT2D eigenvalue weighted by molar-refractivity contribution is 6.24. The molecule has 0 saturated carbocycles. The number of rotatable bonds is 15. The molecule has 3 fully saturated rings. The van der Waals surface area contributed by atoms with Crippen LogP contribution in [0.5, 0.6) is 5.75 Å². The van der Waals surface area contributed by atoms with Crippen LogP contribution in [0.3, 0.4) is 0 Å². The number of aliphatic hydroxyl groups excluding tert-OH is 1. The lowest BCUT2D eigenvalue weighted by atomic mass is 9.65. The number of hydrogen-bond acceptors (Lipinski definition) is 13. The summed E-state index contributed by atoms with van der Waals surface area (Å²) in [5.74, 6) is 3.25. The molecule has 3 amide bonds. The van der Waals surface area contributed by atoms with Crippen molar-refractivity contribution in [2.75, 3.05) is 88.5 Å². The van der Waals surface area contributed by atoms with Crippen LogP contribution in [0.1, 0.15) is 51.6 Å². The zero-order valence-electron chi connectivity index (χ0n) is 41.9. The predicted octanol–water partition coefficient (Wildman–Crippen LogP) is 7.47. The number of amides is 3. The fraction of sp³-hybridized carbons (Fsp3) is 0.300. The van der Waals surface area contributed by atoms with Gasteiger partial charge in [-0.15, -0.1) is 0 Å². The molecule has 1 spiro atoms. The minimum Gasteiger partial charge on any atom is -0.491 e. The van der Waals surface area contributed by atoms with E-state index in [2.05, 4.69) is 39.1 Å². The van der Waals surface area contributed by atoms with Crippen molar-refractivity contribution in [1.82, 2.24) is 9.80 Å². The minimum absolute atomic E-state index is 0.0264. The van der Waals surface area contributed by atoms with Crippen molar-refractivity contribution in [3.8, 4) is 17.6 Å². The lowest BCUT2D eigenvalue weighted by Crippen LogP contribution is -2.54. The van der Waals surface area contributed by atoms with Gasteiger partial charge in [-0.25, -0.2) is 9.69 Å². The molecule has 4 heterocycles. The Bertz CT molecular complexity index is 3050. The molecule has 15 heteroatoms. The third-order valence-electron chi connectivity index (χ3n) is 14.4. The van der Waals surface area contributed by atoms with Gasteiger partial charge in [0, 0.05) is 43.7 Å². The molecule has 6 atom stereocenters. The van der Waals surface area contributed by atoms with Gasteiger partial charge in [0.2, 0.25) is 11.8 Å². The SMILES string of the molecule is COCCOC(=O)N1C(=O)[C@@]2(c3cc(C#CCN(C)Cc4ccccc4)ccc31)[C@H](c1cccc(OCCO)c1)N1[C@H](c3ccccc3)[C@H](c3ccccc3)OC(=O)[C@H]1[C@@H]2C(=O)Nc1ccc(N2CCOCC2)cc1. The Labute approximate surface area is 436 Å². The van der Waals surface area contributed by atoms with Crippen molar-refractivity contribution in [3.05, 3.63) is 191 Å². The Morgan fingerprint density at radius 1 is 0.787 bits per heavy atom. The van der Waals surface area contributed by atoms with Crippen LogP contribution >= 0.6 is 0 Å². The number of ether oxygens (including phenoxy) is 5. The summed E-state index contributed by atoms with van der Waals surface area (Å²) < 4.78 is 29.3. The number of carbonyl (C=O) groups excluding carboxylic acids is 4. The summed E-state index contributed by atoms with van der Waals surface area (Å²) in [4.78, 5) is 70.2. The van der Waals surface area contributed by atoms with Crippen LogP contribution in [0.2, 0.25) is 0 Å². The van der Waals surface area contributed by atoms with E-state index < -0.39 is 59.4 Å². The number of carbonyl (C=O) groups is 4. The Kier molecular flexibility index (Phi) is 15.4. The molecule has 4 aliphatic heterocycles. The van der Waals surface area contributed by atoms with E-state index in [9.17, 15) is 9.90 Å². The van der Waals surface area contributed by atoms with E-state index in [1.165, 1.54) is 7.11 Å². The normalized spacial score (nSPS) is 22.0.